The molecule has 0 atom stereocenters. The number of sulfonamides is 1. The van der Waals surface area contributed by atoms with Gasteiger partial charge in [-0.2, -0.15) is 0 Å². The first-order chi connectivity index (χ1) is 15.7. The molecule has 172 valence electrons. The molecule has 33 heavy (non-hydrogen) atoms. The van der Waals surface area contributed by atoms with E-state index in [2.05, 4.69) is 10.0 Å². The van der Waals surface area contributed by atoms with Crippen LogP contribution in [-0.2, 0) is 16.6 Å². The summed E-state index contributed by atoms with van der Waals surface area (Å²) in [6.07, 6.45) is 0. The summed E-state index contributed by atoms with van der Waals surface area (Å²) in [5.41, 5.74) is 0.777. The third kappa shape index (κ3) is 5.77. The van der Waals surface area contributed by atoms with Gasteiger partial charge in [0.2, 0.25) is 0 Å². The molecule has 0 aromatic heterocycles. The standard InChI is InChI=1S/C22H21N3O7S/c1-31-18-8-3-15(4-9-18)14-23-22(26)16-5-10-19(11-6-16)33(29,30)24-20-13-17(25(27)28)7-12-21(20)32-2/h3-13,24H,14H2,1-2H3,(H,23,26). The Hall–Kier alpha value is -4.12. The Labute approximate surface area is 190 Å². The molecule has 3 aromatic rings. The molecule has 0 bridgehead atoms. The van der Waals surface area contributed by atoms with Gasteiger partial charge in [0, 0.05) is 24.2 Å². The van der Waals surface area contributed by atoms with Crippen molar-refractivity contribution < 1.29 is 27.6 Å². The molecule has 0 saturated carbocycles. The van der Waals surface area contributed by atoms with E-state index in [0.29, 0.717) is 5.75 Å². The van der Waals surface area contributed by atoms with Gasteiger partial charge in [0.25, 0.3) is 21.6 Å². The average molecular weight is 471 g/mol. The van der Waals surface area contributed by atoms with Gasteiger partial charge < -0.3 is 14.8 Å². The fourth-order valence-electron chi connectivity index (χ4n) is 2.91. The quantitative estimate of drug-likeness (QED) is 0.361. The molecule has 3 aromatic carbocycles. The van der Waals surface area contributed by atoms with E-state index in [4.69, 9.17) is 9.47 Å². The van der Waals surface area contributed by atoms with E-state index in [-0.39, 0.29) is 40.0 Å². The molecule has 2 N–H and O–H groups in total. The van der Waals surface area contributed by atoms with E-state index in [0.717, 1.165) is 11.6 Å². The lowest BCUT2D eigenvalue weighted by Crippen LogP contribution is -2.23. The van der Waals surface area contributed by atoms with Crippen LogP contribution >= 0.6 is 0 Å². The van der Waals surface area contributed by atoms with Crippen LogP contribution < -0.4 is 19.5 Å². The van der Waals surface area contributed by atoms with Crippen LogP contribution in [0.5, 0.6) is 11.5 Å². The number of carbonyl (C=O) groups is 1. The first-order valence-electron chi connectivity index (χ1n) is 9.60. The minimum atomic E-state index is -4.09. The molecule has 0 spiro atoms. The first kappa shape index (κ1) is 23.5. The van der Waals surface area contributed by atoms with Crippen molar-refractivity contribution in [3.8, 4) is 11.5 Å². The van der Waals surface area contributed by atoms with Gasteiger partial charge in [-0.3, -0.25) is 19.6 Å². The number of benzene rings is 3. The number of hydrogen-bond acceptors (Lipinski definition) is 7. The van der Waals surface area contributed by atoms with Gasteiger partial charge in [0.1, 0.15) is 11.5 Å². The van der Waals surface area contributed by atoms with Crippen molar-refractivity contribution in [2.24, 2.45) is 0 Å². The number of hydrogen-bond donors (Lipinski definition) is 2. The maximum Gasteiger partial charge on any atom is 0.271 e. The third-order valence-corrected chi connectivity index (χ3v) is 6.06. The molecule has 0 radical (unpaired) electrons. The van der Waals surface area contributed by atoms with Crippen molar-refractivity contribution >= 4 is 27.3 Å². The van der Waals surface area contributed by atoms with Crippen LogP contribution in [0.1, 0.15) is 15.9 Å². The summed E-state index contributed by atoms with van der Waals surface area (Å²) in [7, 11) is -1.21. The fourth-order valence-corrected chi connectivity index (χ4v) is 3.97. The summed E-state index contributed by atoms with van der Waals surface area (Å²) >= 11 is 0. The molecule has 0 aliphatic rings. The molecule has 1 amide bonds. The van der Waals surface area contributed by atoms with Crippen molar-refractivity contribution in [3.05, 3.63) is 88.0 Å². The lowest BCUT2D eigenvalue weighted by Gasteiger charge is -2.12. The highest BCUT2D eigenvalue weighted by molar-refractivity contribution is 7.92. The number of carbonyl (C=O) groups excluding carboxylic acids is 1. The second kappa shape index (κ2) is 10.0. The van der Waals surface area contributed by atoms with Gasteiger partial charge >= 0.3 is 0 Å². The number of rotatable bonds is 9. The number of nitrogens with one attached hydrogen (secondary N) is 2. The van der Waals surface area contributed by atoms with Gasteiger partial charge in [-0.05, 0) is 48.0 Å². The maximum absolute atomic E-state index is 12.7. The lowest BCUT2D eigenvalue weighted by molar-refractivity contribution is -0.384. The van der Waals surface area contributed by atoms with Crippen LogP contribution in [0.4, 0.5) is 11.4 Å². The van der Waals surface area contributed by atoms with Gasteiger partial charge in [0.05, 0.1) is 29.7 Å². The van der Waals surface area contributed by atoms with Crippen molar-refractivity contribution in [2.45, 2.75) is 11.4 Å². The van der Waals surface area contributed by atoms with Crippen LogP contribution in [0, 0.1) is 10.1 Å². The molecule has 3 rings (SSSR count). The summed E-state index contributed by atoms with van der Waals surface area (Å²) in [5, 5.41) is 13.8. The van der Waals surface area contributed by atoms with Crippen molar-refractivity contribution in [1.29, 1.82) is 0 Å². The summed E-state index contributed by atoms with van der Waals surface area (Å²) in [6, 6.07) is 16.1. The van der Waals surface area contributed by atoms with Crippen LogP contribution in [0.2, 0.25) is 0 Å². The summed E-state index contributed by atoms with van der Waals surface area (Å²) in [5.74, 6) is 0.458. The van der Waals surface area contributed by atoms with E-state index >= 15 is 0 Å². The minimum Gasteiger partial charge on any atom is -0.497 e. The lowest BCUT2D eigenvalue weighted by atomic mass is 10.2. The molecule has 0 aliphatic carbocycles. The molecule has 0 aliphatic heterocycles. The van der Waals surface area contributed by atoms with Crippen molar-refractivity contribution in [2.75, 3.05) is 18.9 Å². The third-order valence-electron chi connectivity index (χ3n) is 4.68. The van der Waals surface area contributed by atoms with Gasteiger partial charge in [-0.25, -0.2) is 8.42 Å². The number of nitro benzene ring substituents is 1. The average Bonchev–Trinajstić information content (AvgIpc) is 2.82. The van der Waals surface area contributed by atoms with E-state index in [1.54, 1.807) is 19.2 Å². The van der Waals surface area contributed by atoms with Crippen LogP contribution in [-0.4, -0.2) is 33.5 Å². The number of anilines is 1. The highest BCUT2D eigenvalue weighted by atomic mass is 32.2. The Kier molecular flexibility index (Phi) is 7.13. The molecule has 0 saturated heterocycles. The molecule has 11 heteroatoms. The predicted molar refractivity (Wildman–Crippen MR) is 121 cm³/mol. The zero-order valence-corrected chi connectivity index (χ0v) is 18.6. The highest BCUT2D eigenvalue weighted by Gasteiger charge is 2.20. The first-order valence-corrected chi connectivity index (χ1v) is 11.1. The van der Waals surface area contributed by atoms with Gasteiger partial charge in [0.15, 0.2) is 0 Å². The van der Waals surface area contributed by atoms with Gasteiger partial charge in [-0.15, -0.1) is 0 Å². The topological polar surface area (TPSA) is 137 Å². The molecular formula is C22H21N3O7S. The number of ether oxygens (including phenoxy) is 2. The number of methoxy groups -OCH3 is 2. The number of nitro groups is 1. The van der Waals surface area contributed by atoms with Gasteiger partial charge in [-0.1, -0.05) is 12.1 Å². The second-order valence-corrected chi connectivity index (χ2v) is 8.48. The van der Waals surface area contributed by atoms with E-state index in [1.807, 2.05) is 12.1 Å². The molecule has 0 unspecified atom stereocenters. The highest BCUT2D eigenvalue weighted by Crippen LogP contribution is 2.30. The normalized spacial score (nSPS) is 10.8. The monoisotopic (exact) mass is 471 g/mol. The van der Waals surface area contributed by atoms with Crippen LogP contribution in [0.15, 0.2) is 71.6 Å². The Morgan fingerprint density at radius 2 is 1.64 bits per heavy atom. The molecule has 10 nitrogen and oxygen atoms in total. The molecular weight excluding hydrogens is 450 g/mol. The minimum absolute atomic E-state index is 0.0759. The van der Waals surface area contributed by atoms with E-state index in [9.17, 15) is 23.3 Å². The second-order valence-electron chi connectivity index (χ2n) is 6.80. The molecule has 0 fully saturated rings. The summed E-state index contributed by atoms with van der Waals surface area (Å²) < 4.78 is 38.0. The van der Waals surface area contributed by atoms with Crippen LogP contribution in [0.25, 0.3) is 0 Å². The Morgan fingerprint density at radius 3 is 2.21 bits per heavy atom. The molecule has 0 heterocycles. The SMILES string of the molecule is COc1ccc(CNC(=O)c2ccc(S(=O)(=O)Nc3cc([N+](=O)[O-])ccc3OC)cc2)cc1. The summed E-state index contributed by atoms with van der Waals surface area (Å²) in [4.78, 5) is 22.6. The Balaban J connectivity index is 1.71. The van der Waals surface area contributed by atoms with Crippen LogP contribution in [0.3, 0.4) is 0 Å². The van der Waals surface area contributed by atoms with Crippen molar-refractivity contribution in [1.82, 2.24) is 5.32 Å². The zero-order valence-electron chi connectivity index (χ0n) is 17.8. The number of non-ortho nitro benzene ring substituents is 1. The Bertz CT molecular complexity index is 1260. The number of nitrogens with zero attached hydrogens (tertiary/aromatic N) is 1. The Morgan fingerprint density at radius 1 is 0.970 bits per heavy atom. The van der Waals surface area contributed by atoms with Crippen molar-refractivity contribution in [3.63, 3.8) is 0 Å². The van der Waals surface area contributed by atoms with E-state index in [1.165, 1.54) is 43.5 Å². The smallest absolute Gasteiger partial charge is 0.271 e. The largest absolute Gasteiger partial charge is 0.497 e. The number of amides is 1. The van der Waals surface area contributed by atoms with E-state index < -0.39 is 14.9 Å². The predicted octanol–water partition coefficient (Wildman–Crippen LogP) is 3.34. The fraction of sp³-hybridized carbons (Fsp3) is 0.136. The maximum atomic E-state index is 12.7. The summed E-state index contributed by atoms with van der Waals surface area (Å²) in [6.45, 7) is 0.289. The zero-order chi connectivity index (χ0) is 24.0.